The van der Waals surface area contributed by atoms with E-state index < -0.39 is 0 Å². The molecule has 102 valence electrons. The average Bonchev–Trinajstić information content (AvgIpc) is 2.35. The number of benzene rings is 1. The molecule has 0 aliphatic heterocycles. The Morgan fingerprint density at radius 1 is 1.00 bits per heavy atom. The number of rotatable bonds is 8. The lowest BCUT2D eigenvalue weighted by Gasteiger charge is -2.18. The topological polar surface area (TPSA) is 18.5 Å². The van der Waals surface area contributed by atoms with E-state index in [1.807, 2.05) is 6.92 Å². The third-order valence-corrected chi connectivity index (χ3v) is 2.69. The minimum atomic E-state index is -0.219. The lowest BCUT2D eigenvalue weighted by molar-refractivity contribution is -0.143. The molecule has 0 aliphatic rings. The number of hydrogen-bond acceptors (Lipinski definition) is 2. The van der Waals surface area contributed by atoms with Gasteiger partial charge in [0.2, 0.25) is 0 Å². The van der Waals surface area contributed by atoms with Gasteiger partial charge in [-0.05, 0) is 31.2 Å². The van der Waals surface area contributed by atoms with E-state index in [9.17, 15) is 0 Å². The third kappa shape index (κ3) is 5.19. The number of hydrogen-bond donors (Lipinski definition) is 0. The smallest absolute Gasteiger partial charge is 0.183 e. The van der Waals surface area contributed by atoms with Crippen molar-refractivity contribution in [1.82, 2.24) is 0 Å². The summed E-state index contributed by atoms with van der Waals surface area (Å²) in [4.78, 5) is 0. The van der Waals surface area contributed by atoms with Gasteiger partial charge in [0.05, 0.1) is 0 Å². The van der Waals surface area contributed by atoms with Crippen molar-refractivity contribution >= 4 is 0 Å². The van der Waals surface area contributed by atoms with E-state index in [1.54, 1.807) is 0 Å². The standard InChI is InChI=1S/C16H26O2/c1-5-11-18-16(17-6-2)15-9-7-14(8-10-15)12-13(3)4/h7-10,13,16H,5-6,11-12H2,1-4H3. The quantitative estimate of drug-likeness (QED) is 0.639. The molecule has 1 aromatic carbocycles. The van der Waals surface area contributed by atoms with Crippen molar-refractivity contribution < 1.29 is 9.47 Å². The maximum atomic E-state index is 5.72. The van der Waals surface area contributed by atoms with Crippen molar-refractivity contribution in [2.45, 2.75) is 46.8 Å². The van der Waals surface area contributed by atoms with E-state index in [0.717, 1.165) is 25.0 Å². The highest BCUT2D eigenvalue weighted by molar-refractivity contribution is 5.23. The molecule has 0 bridgehead atoms. The molecule has 0 N–H and O–H groups in total. The largest absolute Gasteiger partial charge is 0.349 e. The number of ether oxygens (including phenoxy) is 2. The van der Waals surface area contributed by atoms with Gasteiger partial charge in [0, 0.05) is 18.8 Å². The molecular formula is C16H26O2. The van der Waals surface area contributed by atoms with E-state index >= 15 is 0 Å². The van der Waals surface area contributed by atoms with Gasteiger partial charge in [0.25, 0.3) is 0 Å². The first-order valence-corrected chi connectivity index (χ1v) is 6.99. The Balaban J connectivity index is 2.67. The first-order valence-electron chi connectivity index (χ1n) is 6.99. The van der Waals surface area contributed by atoms with Crippen LogP contribution in [0.25, 0.3) is 0 Å². The van der Waals surface area contributed by atoms with E-state index in [-0.39, 0.29) is 6.29 Å². The highest BCUT2D eigenvalue weighted by Gasteiger charge is 2.11. The molecule has 0 aromatic heterocycles. The molecule has 1 unspecified atom stereocenters. The van der Waals surface area contributed by atoms with E-state index in [1.165, 1.54) is 5.56 Å². The van der Waals surface area contributed by atoms with E-state index in [4.69, 9.17) is 9.47 Å². The van der Waals surface area contributed by atoms with Gasteiger partial charge < -0.3 is 9.47 Å². The van der Waals surface area contributed by atoms with Gasteiger partial charge in [-0.2, -0.15) is 0 Å². The molecule has 0 aliphatic carbocycles. The monoisotopic (exact) mass is 250 g/mol. The van der Waals surface area contributed by atoms with Crippen molar-refractivity contribution in [1.29, 1.82) is 0 Å². The summed E-state index contributed by atoms with van der Waals surface area (Å²) in [6.07, 6.45) is 1.91. The molecular weight excluding hydrogens is 224 g/mol. The molecule has 0 heterocycles. The maximum absolute atomic E-state index is 5.72. The Hall–Kier alpha value is -0.860. The van der Waals surface area contributed by atoms with E-state index in [0.29, 0.717) is 12.5 Å². The van der Waals surface area contributed by atoms with Gasteiger partial charge in [-0.25, -0.2) is 0 Å². The average molecular weight is 250 g/mol. The minimum Gasteiger partial charge on any atom is -0.349 e. The molecule has 0 saturated heterocycles. The second-order valence-electron chi connectivity index (χ2n) is 5.00. The van der Waals surface area contributed by atoms with Crippen LogP contribution in [-0.4, -0.2) is 13.2 Å². The van der Waals surface area contributed by atoms with Crippen LogP contribution in [0.3, 0.4) is 0 Å². The van der Waals surface area contributed by atoms with Crippen LogP contribution in [0.1, 0.15) is 51.5 Å². The Bertz CT molecular complexity index is 316. The van der Waals surface area contributed by atoms with Gasteiger partial charge in [0.1, 0.15) is 0 Å². The van der Waals surface area contributed by atoms with Gasteiger partial charge in [-0.15, -0.1) is 0 Å². The van der Waals surface area contributed by atoms with Crippen LogP contribution < -0.4 is 0 Å². The van der Waals surface area contributed by atoms with Crippen LogP contribution in [0.15, 0.2) is 24.3 Å². The fourth-order valence-corrected chi connectivity index (χ4v) is 1.90. The summed E-state index contributed by atoms with van der Waals surface area (Å²) in [7, 11) is 0. The minimum absolute atomic E-state index is 0.219. The fraction of sp³-hybridized carbons (Fsp3) is 0.625. The first-order chi connectivity index (χ1) is 8.67. The van der Waals surface area contributed by atoms with Crippen LogP contribution in [-0.2, 0) is 15.9 Å². The molecule has 18 heavy (non-hydrogen) atoms. The normalized spacial score (nSPS) is 12.9. The summed E-state index contributed by atoms with van der Waals surface area (Å²) in [5.74, 6) is 0.690. The summed E-state index contributed by atoms with van der Waals surface area (Å²) in [6, 6.07) is 8.59. The van der Waals surface area contributed by atoms with Crippen LogP contribution in [0.4, 0.5) is 0 Å². The molecule has 0 radical (unpaired) electrons. The summed E-state index contributed by atoms with van der Waals surface area (Å²) >= 11 is 0. The molecule has 2 nitrogen and oxygen atoms in total. The highest BCUT2D eigenvalue weighted by Crippen LogP contribution is 2.20. The van der Waals surface area contributed by atoms with Crippen LogP contribution in [0.5, 0.6) is 0 Å². The Morgan fingerprint density at radius 2 is 1.67 bits per heavy atom. The zero-order valence-corrected chi connectivity index (χ0v) is 12.1. The van der Waals surface area contributed by atoms with Crippen LogP contribution >= 0.6 is 0 Å². The lowest BCUT2D eigenvalue weighted by atomic mass is 10.0. The molecule has 0 spiro atoms. The van der Waals surface area contributed by atoms with Crippen LogP contribution in [0, 0.1) is 5.92 Å². The molecule has 2 heteroatoms. The van der Waals surface area contributed by atoms with Crippen molar-refractivity contribution in [2.24, 2.45) is 5.92 Å². The summed E-state index contributed by atoms with van der Waals surface area (Å²) in [5.41, 5.74) is 2.48. The fourth-order valence-electron chi connectivity index (χ4n) is 1.90. The zero-order chi connectivity index (χ0) is 13.4. The third-order valence-electron chi connectivity index (χ3n) is 2.69. The van der Waals surface area contributed by atoms with Crippen molar-refractivity contribution in [3.05, 3.63) is 35.4 Å². The Kier molecular flexibility index (Phi) is 6.99. The van der Waals surface area contributed by atoms with Crippen LogP contribution in [0.2, 0.25) is 0 Å². The molecule has 1 rings (SSSR count). The first kappa shape index (κ1) is 15.2. The molecule has 0 fully saturated rings. The van der Waals surface area contributed by atoms with Crippen molar-refractivity contribution in [3.63, 3.8) is 0 Å². The second-order valence-corrected chi connectivity index (χ2v) is 5.00. The van der Waals surface area contributed by atoms with Gasteiger partial charge >= 0.3 is 0 Å². The SMILES string of the molecule is CCCOC(OCC)c1ccc(CC(C)C)cc1. The second kappa shape index (κ2) is 8.28. The lowest BCUT2D eigenvalue weighted by Crippen LogP contribution is -2.09. The molecule has 0 saturated carbocycles. The Morgan fingerprint density at radius 3 is 2.17 bits per heavy atom. The van der Waals surface area contributed by atoms with Crippen molar-refractivity contribution in [3.8, 4) is 0 Å². The molecule has 1 aromatic rings. The zero-order valence-electron chi connectivity index (χ0n) is 12.1. The van der Waals surface area contributed by atoms with Gasteiger partial charge in [-0.3, -0.25) is 0 Å². The summed E-state index contributed by atoms with van der Waals surface area (Å²) in [6.45, 7) is 9.98. The summed E-state index contributed by atoms with van der Waals surface area (Å²) < 4.78 is 11.3. The van der Waals surface area contributed by atoms with Gasteiger partial charge in [-0.1, -0.05) is 45.0 Å². The summed E-state index contributed by atoms with van der Waals surface area (Å²) in [5, 5.41) is 0. The van der Waals surface area contributed by atoms with Crippen molar-refractivity contribution in [2.75, 3.05) is 13.2 Å². The molecule has 1 atom stereocenters. The maximum Gasteiger partial charge on any atom is 0.183 e. The Labute approximate surface area is 111 Å². The highest BCUT2D eigenvalue weighted by atomic mass is 16.7. The predicted octanol–water partition coefficient (Wildman–Crippen LogP) is 4.35. The van der Waals surface area contributed by atoms with Gasteiger partial charge in [0.15, 0.2) is 6.29 Å². The van der Waals surface area contributed by atoms with E-state index in [2.05, 4.69) is 45.0 Å². The predicted molar refractivity (Wildman–Crippen MR) is 75.6 cm³/mol. The molecule has 0 amide bonds.